The average Bonchev–Trinajstić information content (AvgIpc) is 2.73. The molecule has 1 heterocycles. The maximum atomic E-state index is 5.79. The molecule has 6 nitrogen and oxygen atoms in total. The van der Waals surface area contributed by atoms with Crippen LogP contribution in [0.3, 0.4) is 0 Å². The van der Waals surface area contributed by atoms with Gasteiger partial charge in [0, 0.05) is 46.6 Å². The molecule has 7 heteroatoms. The van der Waals surface area contributed by atoms with E-state index in [9.17, 15) is 0 Å². The number of ether oxygens (including phenoxy) is 3. The van der Waals surface area contributed by atoms with Crippen molar-refractivity contribution in [1.29, 1.82) is 0 Å². The molecule has 0 aliphatic carbocycles. The molecule has 1 aliphatic heterocycles. The number of hydrogen-bond acceptors (Lipinski definition) is 4. The van der Waals surface area contributed by atoms with Crippen molar-refractivity contribution < 1.29 is 14.2 Å². The second-order valence-corrected chi connectivity index (χ2v) is 6.87. The zero-order valence-electron chi connectivity index (χ0n) is 17.2. The molecular formula is C21H36IN3O3. The van der Waals surface area contributed by atoms with Crippen LogP contribution < -0.4 is 15.4 Å². The second-order valence-electron chi connectivity index (χ2n) is 6.87. The first-order chi connectivity index (χ1) is 13.3. The maximum Gasteiger partial charge on any atom is 0.190 e. The molecule has 0 bridgehead atoms. The Morgan fingerprint density at radius 3 is 2.64 bits per heavy atom. The lowest BCUT2D eigenvalue weighted by Crippen LogP contribution is -2.38. The number of nitrogens with one attached hydrogen (secondary N) is 2. The predicted octanol–water partition coefficient (Wildman–Crippen LogP) is 3.24. The molecule has 0 aromatic heterocycles. The Hall–Kier alpha value is -1.06. The molecule has 0 atom stereocenters. The Morgan fingerprint density at radius 2 is 1.93 bits per heavy atom. The van der Waals surface area contributed by atoms with Crippen molar-refractivity contribution in [3.63, 3.8) is 0 Å². The highest BCUT2D eigenvalue weighted by Crippen LogP contribution is 2.15. The number of halogens is 1. The van der Waals surface area contributed by atoms with Crippen LogP contribution in [0.4, 0.5) is 0 Å². The first-order valence-electron chi connectivity index (χ1n) is 10.0. The van der Waals surface area contributed by atoms with E-state index < -0.39 is 0 Å². The van der Waals surface area contributed by atoms with Crippen molar-refractivity contribution in [3.8, 4) is 5.75 Å². The molecule has 0 radical (unpaired) electrons. The van der Waals surface area contributed by atoms with E-state index in [4.69, 9.17) is 14.2 Å². The van der Waals surface area contributed by atoms with Crippen molar-refractivity contribution in [2.24, 2.45) is 10.9 Å². The summed E-state index contributed by atoms with van der Waals surface area (Å²) in [5.74, 6) is 2.44. The Balaban J connectivity index is 0.00000392. The molecule has 0 unspecified atom stereocenters. The average molecular weight is 505 g/mol. The molecular weight excluding hydrogens is 469 g/mol. The summed E-state index contributed by atoms with van der Waals surface area (Å²) in [5.41, 5.74) is 1.29. The maximum absolute atomic E-state index is 5.79. The molecule has 1 aromatic rings. The first-order valence-corrected chi connectivity index (χ1v) is 10.0. The van der Waals surface area contributed by atoms with Gasteiger partial charge in [-0.25, -0.2) is 0 Å². The van der Waals surface area contributed by atoms with E-state index in [0.717, 1.165) is 83.3 Å². The summed E-state index contributed by atoms with van der Waals surface area (Å²) in [6, 6.07) is 8.23. The highest BCUT2D eigenvalue weighted by molar-refractivity contribution is 14.0. The number of guanidine groups is 1. The predicted molar refractivity (Wildman–Crippen MR) is 125 cm³/mol. The summed E-state index contributed by atoms with van der Waals surface area (Å²) in [6.07, 6.45) is 5.30. The normalized spacial score (nSPS) is 15.0. The lowest BCUT2D eigenvalue weighted by molar-refractivity contribution is 0.0203. The van der Waals surface area contributed by atoms with Gasteiger partial charge in [0.05, 0.1) is 7.11 Å². The molecule has 160 valence electrons. The molecule has 2 N–H and O–H groups in total. The number of nitrogens with zero attached hydrogens (tertiary/aromatic N) is 1. The zero-order valence-corrected chi connectivity index (χ0v) is 19.6. The van der Waals surface area contributed by atoms with Crippen molar-refractivity contribution in [1.82, 2.24) is 10.6 Å². The third kappa shape index (κ3) is 10.5. The summed E-state index contributed by atoms with van der Waals surface area (Å²) in [6.45, 7) is 5.17. The van der Waals surface area contributed by atoms with Crippen molar-refractivity contribution in [2.75, 3.05) is 53.7 Å². The number of benzene rings is 1. The van der Waals surface area contributed by atoms with Gasteiger partial charge in [-0.05, 0) is 55.7 Å². The van der Waals surface area contributed by atoms with Crippen LogP contribution in [-0.2, 0) is 15.9 Å². The van der Waals surface area contributed by atoms with Crippen LogP contribution >= 0.6 is 24.0 Å². The van der Waals surface area contributed by atoms with E-state index in [1.54, 1.807) is 14.2 Å². The summed E-state index contributed by atoms with van der Waals surface area (Å²) in [5, 5.41) is 6.71. The van der Waals surface area contributed by atoms with Crippen LogP contribution in [0.25, 0.3) is 0 Å². The van der Waals surface area contributed by atoms with Gasteiger partial charge in [-0.2, -0.15) is 0 Å². The molecule has 0 spiro atoms. The second kappa shape index (κ2) is 15.8. The van der Waals surface area contributed by atoms with Gasteiger partial charge in [-0.15, -0.1) is 24.0 Å². The molecule has 1 saturated heterocycles. The van der Waals surface area contributed by atoms with Crippen molar-refractivity contribution >= 4 is 29.9 Å². The van der Waals surface area contributed by atoms with Crippen LogP contribution in [-0.4, -0.2) is 59.6 Å². The van der Waals surface area contributed by atoms with Crippen LogP contribution in [0.2, 0.25) is 0 Å². The quantitative estimate of drug-likeness (QED) is 0.209. The number of hydrogen-bond donors (Lipinski definition) is 2. The molecule has 0 amide bonds. The first kappa shape index (κ1) is 25.0. The van der Waals surface area contributed by atoms with Crippen LogP contribution in [0.15, 0.2) is 29.3 Å². The third-order valence-electron chi connectivity index (χ3n) is 4.74. The van der Waals surface area contributed by atoms with Gasteiger partial charge < -0.3 is 24.8 Å². The third-order valence-corrected chi connectivity index (χ3v) is 4.74. The standard InChI is InChI=1S/C21H35N3O3.HI/c1-22-21(23-11-4-7-18-6-3-8-20(16-18)25-2)24-12-5-13-27-17-19-9-14-26-15-10-19;/h3,6,8,16,19H,4-5,7,9-15,17H2,1-2H3,(H2,22,23,24);1H. The molecule has 1 aromatic carbocycles. The number of aryl methyl sites for hydroxylation is 1. The Morgan fingerprint density at radius 1 is 1.18 bits per heavy atom. The van der Waals surface area contributed by atoms with Gasteiger partial charge in [0.1, 0.15) is 5.75 Å². The number of aliphatic imine (C=N–C) groups is 1. The van der Waals surface area contributed by atoms with E-state index in [-0.39, 0.29) is 24.0 Å². The van der Waals surface area contributed by atoms with Crippen LogP contribution in [0.5, 0.6) is 5.75 Å². The molecule has 0 saturated carbocycles. The minimum absolute atomic E-state index is 0. The highest BCUT2D eigenvalue weighted by atomic mass is 127. The SMILES string of the molecule is CN=C(NCCCOCC1CCOCC1)NCCCc1cccc(OC)c1.I. The Bertz CT molecular complexity index is 551. The van der Waals surface area contributed by atoms with Gasteiger partial charge in [0.25, 0.3) is 0 Å². The summed E-state index contributed by atoms with van der Waals surface area (Å²) >= 11 is 0. The minimum atomic E-state index is 0. The molecule has 28 heavy (non-hydrogen) atoms. The monoisotopic (exact) mass is 505 g/mol. The van der Waals surface area contributed by atoms with Gasteiger partial charge in [-0.3, -0.25) is 4.99 Å². The van der Waals surface area contributed by atoms with Gasteiger partial charge in [0.15, 0.2) is 5.96 Å². The summed E-state index contributed by atoms with van der Waals surface area (Å²) in [7, 11) is 3.51. The summed E-state index contributed by atoms with van der Waals surface area (Å²) in [4.78, 5) is 4.27. The zero-order chi connectivity index (χ0) is 19.2. The highest BCUT2D eigenvalue weighted by Gasteiger charge is 2.13. The summed E-state index contributed by atoms with van der Waals surface area (Å²) < 4.78 is 16.4. The Labute approximate surface area is 186 Å². The molecule has 1 fully saturated rings. The molecule has 2 rings (SSSR count). The van der Waals surface area contributed by atoms with Gasteiger partial charge in [-0.1, -0.05) is 12.1 Å². The van der Waals surface area contributed by atoms with E-state index in [1.807, 2.05) is 12.1 Å². The van der Waals surface area contributed by atoms with E-state index >= 15 is 0 Å². The van der Waals surface area contributed by atoms with E-state index in [0.29, 0.717) is 5.92 Å². The van der Waals surface area contributed by atoms with Crippen molar-refractivity contribution in [3.05, 3.63) is 29.8 Å². The van der Waals surface area contributed by atoms with Crippen LogP contribution in [0, 0.1) is 5.92 Å². The smallest absolute Gasteiger partial charge is 0.190 e. The topological polar surface area (TPSA) is 64.1 Å². The lowest BCUT2D eigenvalue weighted by Gasteiger charge is -2.21. The van der Waals surface area contributed by atoms with Gasteiger partial charge in [0.2, 0.25) is 0 Å². The van der Waals surface area contributed by atoms with E-state index in [1.165, 1.54) is 5.56 Å². The fourth-order valence-corrected chi connectivity index (χ4v) is 3.09. The minimum Gasteiger partial charge on any atom is -0.497 e. The van der Waals surface area contributed by atoms with E-state index in [2.05, 4.69) is 27.8 Å². The fourth-order valence-electron chi connectivity index (χ4n) is 3.09. The fraction of sp³-hybridized carbons (Fsp3) is 0.667. The lowest BCUT2D eigenvalue weighted by atomic mass is 10.0. The number of rotatable bonds is 11. The van der Waals surface area contributed by atoms with Gasteiger partial charge >= 0.3 is 0 Å². The Kier molecular flexibility index (Phi) is 14.1. The molecule has 1 aliphatic rings. The number of methoxy groups -OCH3 is 1. The largest absolute Gasteiger partial charge is 0.497 e. The van der Waals surface area contributed by atoms with Crippen LogP contribution in [0.1, 0.15) is 31.2 Å². The van der Waals surface area contributed by atoms with Crippen molar-refractivity contribution in [2.45, 2.75) is 32.1 Å².